The van der Waals surface area contributed by atoms with Gasteiger partial charge in [-0.1, -0.05) is 13.8 Å². The Hall–Kier alpha value is -2.37. The Morgan fingerprint density at radius 1 is 1.16 bits per heavy atom. The molecular weight excluding hydrogens is 246 g/mol. The maximum atomic E-state index is 11.9. The van der Waals surface area contributed by atoms with Crippen LogP contribution in [-0.2, 0) is 0 Å². The van der Waals surface area contributed by atoms with E-state index in [0.717, 1.165) is 0 Å². The van der Waals surface area contributed by atoms with Crippen LogP contribution in [0.2, 0.25) is 0 Å². The molecule has 1 amide bonds. The van der Waals surface area contributed by atoms with Crippen LogP contribution < -0.4 is 16.4 Å². The first-order valence-electron chi connectivity index (χ1n) is 6.02. The van der Waals surface area contributed by atoms with Gasteiger partial charge in [0.25, 0.3) is 5.91 Å². The zero-order chi connectivity index (χ0) is 14.0. The molecule has 2 aromatic rings. The third-order valence-electron chi connectivity index (χ3n) is 2.66. The summed E-state index contributed by atoms with van der Waals surface area (Å²) in [6.45, 7) is 4.59. The largest absolute Gasteiger partial charge is 0.352 e. The summed E-state index contributed by atoms with van der Waals surface area (Å²) in [5.41, 5.74) is -0.0700. The lowest BCUT2D eigenvalue weighted by Gasteiger charge is -2.08. The minimum absolute atomic E-state index is 0.206. The van der Waals surface area contributed by atoms with Crippen molar-refractivity contribution in [2.24, 2.45) is 5.92 Å². The van der Waals surface area contributed by atoms with Crippen molar-refractivity contribution in [3.8, 4) is 0 Å². The third kappa shape index (κ3) is 2.90. The van der Waals surface area contributed by atoms with Crippen molar-refractivity contribution in [3.63, 3.8) is 0 Å². The lowest BCUT2D eigenvalue weighted by Crippen LogP contribution is -2.29. The van der Waals surface area contributed by atoms with Crippen LogP contribution >= 0.6 is 0 Å². The number of amides is 1. The average molecular weight is 261 g/mol. The maximum absolute atomic E-state index is 11.9. The molecule has 0 fully saturated rings. The summed E-state index contributed by atoms with van der Waals surface area (Å²) in [6, 6.07) is 4.74. The van der Waals surface area contributed by atoms with E-state index >= 15 is 0 Å². The molecule has 3 N–H and O–H groups in total. The molecule has 2 rings (SSSR count). The van der Waals surface area contributed by atoms with E-state index in [1.165, 1.54) is 0 Å². The number of rotatable bonds is 3. The number of fused-ring (bicyclic) bond motifs is 1. The van der Waals surface area contributed by atoms with Crippen molar-refractivity contribution in [3.05, 3.63) is 44.5 Å². The van der Waals surface area contributed by atoms with Gasteiger partial charge in [0.05, 0.1) is 11.0 Å². The van der Waals surface area contributed by atoms with Crippen molar-refractivity contribution in [1.29, 1.82) is 0 Å². The molecule has 6 heteroatoms. The SMILES string of the molecule is CC(C)CNC(=O)c1ccc2[nH]c(=O)c(=O)[nH]c2c1. The third-order valence-corrected chi connectivity index (χ3v) is 2.66. The molecule has 0 bridgehead atoms. The van der Waals surface area contributed by atoms with Crippen molar-refractivity contribution in [2.75, 3.05) is 6.54 Å². The lowest BCUT2D eigenvalue weighted by molar-refractivity contribution is 0.0949. The van der Waals surface area contributed by atoms with Crippen LogP contribution in [0.25, 0.3) is 11.0 Å². The number of nitrogens with one attached hydrogen (secondary N) is 3. The average Bonchev–Trinajstić information content (AvgIpc) is 2.36. The first-order valence-corrected chi connectivity index (χ1v) is 6.02. The molecule has 0 atom stereocenters. The van der Waals surface area contributed by atoms with E-state index in [-0.39, 0.29) is 5.91 Å². The van der Waals surface area contributed by atoms with Crippen molar-refractivity contribution < 1.29 is 4.79 Å². The van der Waals surface area contributed by atoms with E-state index in [4.69, 9.17) is 0 Å². The fraction of sp³-hybridized carbons (Fsp3) is 0.308. The molecule has 1 aromatic heterocycles. The Morgan fingerprint density at radius 3 is 2.42 bits per heavy atom. The van der Waals surface area contributed by atoms with Gasteiger partial charge in [-0.3, -0.25) is 14.4 Å². The number of carbonyl (C=O) groups is 1. The van der Waals surface area contributed by atoms with Crippen molar-refractivity contribution >= 4 is 16.9 Å². The number of carbonyl (C=O) groups excluding carboxylic acids is 1. The Balaban J connectivity index is 2.36. The molecule has 19 heavy (non-hydrogen) atoms. The predicted octanol–water partition coefficient (Wildman–Crippen LogP) is 0.602. The Labute approximate surface area is 108 Å². The molecule has 0 unspecified atom stereocenters. The van der Waals surface area contributed by atoms with Crippen molar-refractivity contribution in [2.45, 2.75) is 13.8 Å². The molecule has 0 saturated carbocycles. The topological polar surface area (TPSA) is 94.8 Å². The summed E-state index contributed by atoms with van der Waals surface area (Å²) in [5.74, 6) is 0.156. The molecule has 1 heterocycles. The van der Waals surface area contributed by atoms with E-state index < -0.39 is 11.1 Å². The number of aromatic amines is 2. The second-order valence-electron chi connectivity index (χ2n) is 4.77. The van der Waals surface area contributed by atoms with Gasteiger partial charge in [-0.05, 0) is 24.1 Å². The Bertz CT molecular complexity index is 728. The number of benzene rings is 1. The monoisotopic (exact) mass is 261 g/mol. The Morgan fingerprint density at radius 2 is 1.79 bits per heavy atom. The van der Waals surface area contributed by atoms with E-state index in [2.05, 4.69) is 15.3 Å². The highest BCUT2D eigenvalue weighted by Gasteiger charge is 2.08. The van der Waals surface area contributed by atoms with Gasteiger partial charge in [0.2, 0.25) is 0 Å². The van der Waals surface area contributed by atoms with Gasteiger partial charge >= 0.3 is 11.1 Å². The van der Waals surface area contributed by atoms with Crippen LogP contribution in [0, 0.1) is 5.92 Å². The number of H-pyrrole nitrogens is 2. The first kappa shape index (κ1) is 13.1. The van der Waals surface area contributed by atoms with Gasteiger partial charge in [0.1, 0.15) is 0 Å². The highest BCUT2D eigenvalue weighted by Crippen LogP contribution is 2.09. The van der Waals surface area contributed by atoms with Gasteiger partial charge in [-0.15, -0.1) is 0 Å². The predicted molar refractivity (Wildman–Crippen MR) is 72.4 cm³/mol. The summed E-state index contributed by atoms with van der Waals surface area (Å²) in [7, 11) is 0. The van der Waals surface area contributed by atoms with Crippen molar-refractivity contribution in [1.82, 2.24) is 15.3 Å². The molecule has 6 nitrogen and oxygen atoms in total. The fourth-order valence-electron chi connectivity index (χ4n) is 1.65. The molecule has 0 aliphatic carbocycles. The normalized spacial score (nSPS) is 10.9. The molecule has 1 aromatic carbocycles. The zero-order valence-electron chi connectivity index (χ0n) is 10.7. The van der Waals surface area contributed by atoms with Gasteiger partial charge in [-0.25, -0.2) is 0 Å². The van der Waals surface area contributed by atoms with E-state index in [9.17, 15) is 14.4 Å². The fourth-order valence-corrected chi connectivity index (χ4v) is 1.65. The second-order valence-corrected chi connectivity index (χ2v) is 4.77. The van der Waals surface area contributed by atoms with Gasteiger partial charge in [-0.2, -0.15) is 0 Å². The van der Waals surface area contributed by atoms with Gasteiger partial charge < -0.3 is 15.3 Å². The summed E-state index contributed by atoms with van der Waals surface area (Å²) in [4.78, 5) is 39.1. The highest BCUT2D eigenvalue weighted by molar-refractivity contribution is 5.97. The van der Waals surface area contributed by atoms with Gasteiger partial charge in [0, 0.05) is 12.1 Å². The van der Waals surface area contributed by atoms with E-state index in [1.807, 2.05) is 13.8 Å². The first-order chi connectivity index (χ1) is 8.97. The summed E-state index contributed by atoms with van der Waals surface area (Å²) in [6.07, 6.45) is 0. The minimum Gasteiger partial charge on any atom is -0.352 e. The van der Waals surface area contributed by atoms with Crippen LogP contribution in [0.4, 0.5) is 0 Å². The molecule has 0 aliphatic rings. The summed E-state index contributed by atoms with van der Waals surface area (Å²) < 4.78 is 0. The molecular formula is C13H15N3O3. The number of hydrogen-bond donors (Lipinski definition) is 3. The quantitative estimate of drug-likeness (QED) is 0.706. The molecule has 0 spiro atoms. The van der Waals surface area contributed by atoms with E-state index in [1.54, 1.807) is 18.2 Å². The number of aromatic nitrogens is 2. The molecule has 100 valence electrons. The minimum atomic E-state index is -0.729. The van der Waals surface area contributed by atoms with E-state index in [0.29, 0.717) is 29.1 Å². The second kappa shape index (κ2) is 5.09. The van der Waals surface area contributed by atoms with Crippen LogP contribution in [0.1, 0.15) is 24.2 Å². The smallest absolute Gasteiger partial charge is 0.314 e. The van der Waals surface area contributed by atoms with Gasteiger partial charge in [0.15, 0.2) is 0 Å². The Kier molecular flexibility index (Phi) is 3.50. The summed E-state index contributed by atoms with van der Waals surface area (Å²) in [5, 5.41) is 2.79. The molecule has 0 saturated heterocycles. The standard InChI is InChI=1S/C13H15N3O3/c1-7(2)6-14-11(17)8-3-4-9-10(5-8)16-13(19)12(18)15-9/h3-5,7H,6H2,1-2H3,(H,14,17)(H,15,18)(H,16,19). The maximum Gasteiger partial charge on any atom is 0.314 e. The molecule has 0 radical (unpaired) electrons. The lowest BCUT2D eigenvalue weighted by atomic mass is 10.1. The number of hydrogen-bond acceptors (Lipinski definition) is 3. The van der Waals surface area contributed by atoms with Crippen LogP contribution in [0.15, 0.2) is 27.8 Å². The zero-order valence-corrected chi connectivity index (χ0v) is 10.7. The van der Waals surface area contributed by atoms with Crippen LogP contribution in [0.3, 0.4) is 0 Å². The summed E-state index contributed by atoms with van der Waals surface area (Å²) >= 11 is 0. The van der Waals surface area contributed by atoms with Crippen LogP contribution in [-0.4, -0.2) is 22.4 Å². The molecule has 0 aliphatic heterocycles. The highest BCUT2D eigenvalue weighted by atomic mass is 16.2. The van der Waals surface area contributed by atoms with Crippen LogP contribution in [0.5, 0.6) is 0 Å².